The molecule has 6 nitrogen and oxygen atoms in total. The molecule has 0 aliphatic carbocycles. The lowest BCUT2D eigenvalue weighted by atomic mass is 10.4. The van der Waals surface area contributed by atoms with Crippen molar-refractivity contribution in [1.82, 2.24) is 9.88 Å². The number of carboxylic acid groups (broad SMARTS) is 1. The van der Waals surface area contributed by atoms with E-state index >= 15 is 0 Å². The molecule has 0 aliphatic heterocycles. The Kier molecular flexibility index (Phi) is 3.87. The van der Waals surface area contributed by atoms with Gasteiger partial charge in [-0.15, -0.1) is 0 Å². The van der Waals surface area contributed by atoms with Crippen LogP contribution < -0.4 is 11.1 Å². The number of carbonyl (C=O) groups excluding carboxylic acids is 1. The van der Waals surface area contributed by atoms with Crippen LogP contribution in [0.25, 0.3) is 0 Å². The van der Waals surface area contributed by atoms with Gasteiger partial charge >= 0.3 is 5.97 Å². The number of carboxylic acids is 1. The fourth-order valence-electron chi connectivity index (χ4n) is 1.17. The van der Waals surface area contributed by atoms with Gasteiger partial charge < -0.3 is 20.7 Å². The number of aromatic nitrogens is 1. The molecule has 82 valence electrons. The summed E-state index contributed by atoms with van der Waals surface area (Å²) < 4.78 is 1.37. The Morgan fingerprint density at radius 2 is 2.27 bits per heavy atom. The van der Waals surface area contributed by atoms with E-state index in [4.69, 9.17) is 10.8 Å². The van der Waals surface area contributed by atoms with Crippen LogP contribution in [-0.4, -0.2) is 34.6 Å². The molecule has 0 saturated carbocycles. The van der Waals surface area contributed by atoms with E-state index in [0.717, 1.165) is 0 Å². The molecule has 15 heavy (non-hydrogen) atoms. The molecule has 0 bridgehead atoms. The van der Waals surface area contributed by atoms with Gasteiger partial charge in [0, 0.05) is 19.3 Å². The zero-order valence-electron chi connectivity index (χ0n) is 8.14. The zero-order chi connectivity index (χ0) is 11.3. The fraction of sp³-hybridized carbons (Fsp3) is 0.333. The number of carbonyl (C=O) groups is 2. The molecule has 0 aromatic carbocycles. The molecular formula is C9H13N3O3. The van der Waals surface area contributed by atoms with Crippen molar-refractivity contribution in [3.05, 3.63) is 24.0 Å². The quantitative estimate of drug-likeness (QED) is 0.597. The highest BCUT2D eigenvalue weighted by atomic mass is 16.4. The van der Waals surface area contributed by atoms with E-state index in [0.29, 0.717) is 13.1 Å². The van der Waals surface area contributed by atoms with Crippen molar-refractivity contribution in [3.8, 4) is 0 Å². The molecule has 4 N–H and O–H groups in total. The first-order valence-corrected chi connectivity index (χ1v) is 4.50. The van der Waals surface area contributed by atoms with Crippen molar-refractivity contribution in [2.45, 2.75) is 6.54 Å². The summed E-state index contributed by atoms with van der Waals surface area (Å²) in [5.74, 6) is -1.30. The highest BCUT2D eigenvalue weighted by molar-refractivity contribution is 5.86. The first kappa shape index (κ1) is 11.3. The van der Waals surface area contributed by atoms with Gasteiger partial charge in [0.15, 0.2) is 0 Å². The summed E-state index contributed by atoms with van der Waals surface area (Å²) in [6, 6.07) is 3.03. The average Bonchev–Trinajstić information content (AvgIpc) is 2.62. The van der Waals surface area contributed by atoms with Gasteiger partial charge in [-0.2, -0.15) is 0 Å². The molecule has 1 aromatic rings. The molecule has 0 aliphatic rings. The Morgan fingerprint density at radius 1 is 1.53 bits per heavy atom. The highest BCUT2D eigenvalue weighted by Gasteiger charge is 2.10. The number of nitrogens with one attached hydrogen (secondary N) is 1. The van der Waals surface area contributed by atoms with Crippen molar-refractivity contribution < 1.29 is 14.7 Å². The molecule has 0 radical (unpaired) electrons. The Hall–Kier alpha value is -1.82. The van der Waals surface area contributed by atoms with Gasteiger partial charge in [-0.1, -0.05) is 0 Å². The molecule has 1 amide bonds. The lowest BCUT2D eigenvalue weighted by Crippen LogP contribution is -2.32. The second-order valence-electron chi connectivity index (χ2n) is 2.97. The standard InChI is InChI=1S/C9H13N3O3/c10-3-4-11-8(13)6-12-5-1-2-7(12)9(14)15/h1-2,5H,3-4,6,10H2,(H,11,13)(H,14,15). The summed E-state index contributed by atoms with van der Waals surface area (Å²) in [6.45, 7) is 0.750. The third kappa shape index (κ3) is 3.10. The molecule has 6 heteroatoms. The maximum atomic E-state index is 11.3. The Labute approximate surface area is 86.7 Å². The minimum atomic E-state index is -1.05. The number of nitrogens with two attached hydrogens (primary N) is 1. The summed E-state index contributed by atoms with van der Waals surface area (Å²) >= 11 is 0. The summed E-state index contributed by atoms with van der Waals surface area (Å²) in [4.78, 5) is 22.0. The van der Waals surface area contributed by atoms with Gasteiger partial charge in [-0.25, -0.2) is 4.79 Å². The third-order valence-corrected chi connectivity index (χ3v) is 1.83. The van der Waals surface area contributed by atoms with Crippen molar-refractivity contribution >= 4 is 11.9 Å². The van der Waals surface area contributed by atoms with E-state index < -0.39 is 5.97 Å². The van der Waals surface area contributed by atoms with E-state index in [1.165, 1.54) is 10.6 Å². The zero-order valence-corrected chi connectivity index (χ0v) is 8.14. The van der Waals surface area contributed by atoms with Crippen molar-refractivity contribution in [2.24, 2.45) is 5.73 Å². The topological polar surface area (TPSA) is 97.4 Å². The number of hydrogen-bond acceptors (Lipinski definition) is 3. The number of aromatic carboxylic acids is 1. The molecule has 1 rings (SSSR count). The predicted octanol–water partition coefficient (Wildman–Crippen LogP) is -0.739. The van der Waals surface area contributed by atoms with Crippen LogP contribution in [0.5, 0.6) is 0 Å². The smallest absolute Gasteiger partial charge is 0.352 e. The lowest BCUT2D eigenvalue weighted by Gasteiger charge is -2.06. The summed E-state index contributed by atoms with van der Waals surface area (Å²) in [6.07, 6.45) is 1.55. The maximum absolute atomic E-state index is 11.3. The van der Waals surface area contributed by atoms with Gasteiger partial charge in [-0.05, 0) is 12.1 Å². The SMILES string of the molecule is NCCNC(=O)Cn1cccc1C(=O)O. The summed E-state index contributed by atoms with van der Waals surface area (Å²) in [5.41, 5.74) is 5.31. The van der Waals surface area contributed by atoms with E-state index in [1.54, 1.807) is 12.3 Å². The largest absolute Gasteiger partial charge is 0.477 e. The average molecular weight is 211 g/mol. The minimum absolute atomic E-state index is 0.00532. The van der Waals surface area contributed by atoms with Crippen molar-refractivity contribution in [2.75, 3.05) is 13.1 Å². The van der Waals surface area contributed by atoms with Crippen LogP contribution >= 0.6 is 0 Å². The summed E-state index contributed by atoms with van der Waals surface area (Å²) in [7, 11) is 0. The lowest BCUT2D eigenvalue weighted by molar-refractivity contribution is -0.121. The molecule has 0 spiro atoms. The Balaban J connectivity index is 2.60. The molecular weight excluding hydrogens is 198 g/mol. The summed E-state index contributed by atoms with van der Waals surface area (Å²) in [5, 5.41) is 11.3. The van der Waals surface area contributed by atoms with Crippen LogP contribution in [-0.2, 0) is 11.3 Å². The van der Waals surface area contributed by atoms with Gasteiger partial charge in [0.05, 0.1) is 0 Å². The normalized spacial score (nSPS) is 9.93. The maximum Gasteiger partial charge on any atom is 0.352 e. The van der Waals surface area contributed by atoms with Crippen molar-refractivity contribution in [1.29, 1.82) is 0 Å². The van der Waals surface area contributed by atoms with E-state index in [9.17, 15) is 9.59 Å². The van der Waals surface area contributed by atoms with Crippen molar-refractivity contribution in [3.63, 3.8) is 0 Å². The molecule has 0 fully saturated rings. The Morgan fingerprint density at radius 3 is 2.87 bits per heavy atom. The Bertz CT molecular complexity index is 359. The molecule has 0 saturated heterocycles. The van der Waals surface area contributed by atoms with Crippen LogP contribution in [0.1, 0.15) is 10.5 Å². The number of amides is 1. The van der Waals surface area contributed by atoms with Gasteiger partial charge in [0.1, 0.15) is 12.2 Å². The monoisotopic (exact) mass is 211 g/mol. The predicted molar refractivity (Wildman–Crippen MR) is 53.5 cm³/mol. The van der Waals surface area contributed by atoms with Crippen LogP contribution in [0.15, 0.2) is 18.3 Å². The third-order valence-electron chi connectivity index (χ3n) is 1.83. The van der Waals surface area contributed by atoms with Gasteiger partial charge in [-0.3, -0.25) is 4.79 Å². The fourth-order valence-corrected chi connectivity index (χ4v) is 1.17. The van der Waals surface area contributed by atoms with Crippen LogP contribution in [0.3, 0.4) is 0 Å². The first-order valence-electron chi connectivity index (χ1n) is 4.50. The molecule has 1 aromatic heterocycles. The van der Waals surface area contributed by atoms with E-state index in [-0.39, 0.29) is 18.1 Å². The highest BCUT2D eigenvalue weighted by Crippen LogP contribution is 2.01. The number of hydrogen-bond donors (Lipinski definition) is 3. The van der Waals surface area contributed by atoms with Crippen LogP contribution in [0, 0.1) is 0 Å². The second-order valence-corrected chi connectivity index (χ2v) is 2.97. The first-order chi connectivity index (χ1) is 7.15. The number of nitrogens with zero attached hydrogens (tertiary/aromatic N) is 1. The van der Waals surface area contributed by atoms with E-state index in [1.807, 2.05) is 0 Å². The van der Waals surface area contributed by atoms with E-state index in [2.05, 4.69) is 5.32 Å². The molecule has 0 atom stereocenters. The van der Waals surface area contributed by atoms with Crippen LogP contribution in [0.4, 0.5) is 0 Å². The van der Waals surface area contributed by atoms with Crippen LogP contribution in [0.2, 0.25) is 0 Å². The molecule has 0 unspecified atom stereocenters. The van der Waals surface area contributed by atoms with Gasteiger partial charge in [0.25, 0.3) is 0 Å². The second kappa shape index (κ2) is 5.16. The minimum Gasteiger partial charge on any atom is -0.477 e. The molecule has 1 heterocycles. The van der Waals surface area contributed by atoms with Gasteiger partial charge in [0.2, 0.25) is 5.91 Å². The number of rotatable bonds is 5.